The zero-order valence-electron chi connectivity index (χ0n) is 13.1. The number of thiocarbonyl (C=S) groups is 1. The second kappa shape index (κ2) is 7.45. The van der Waals surface area contributed by atoms with Gasteiger partial charge in [0.2, 0.25) is 0 Å². The van der Waals surface area contributed by atoms with Gasteiger partial charge in [-0.05, 0) is 36.5 Å². The molecule has 8 heteroatoms. The molecule has 1 aliphatic rings. The first-order chi connectivity index (χ1) is 12.1. The molecule has 1 aliphatic heterocycles. The summed E-state index contributed by atoms with van der Waals surface area (Å²) in [6.45, 7) is 0. The first kappa shape index (κ1) is 17.1. The first-order valence-electron chi connectivity index (χ1n) is 7.22. The molecule has 0 atom stereocenters. The van der Waals surface area contributed by atoms with Gasteiger partial charge < -0.3 is 4.74 Å². The van der Waals surface area contributed by atoms with Crippen LogP contribution >= 0.6 is 24.0 Å². The van der Waals surface area contributed by atoms with Gasteiger partial charge in [-0.3, -0.25) is 20.0 Å². The van der Waals surface area contributed by atoms with Gasteiger partial charge in [-0.15, -0.1) is 0 Å². The van der Waals surface area contributed by atoms with Crippen molar-refractivity contribution in [3.8, 4) is 5.75 Å². The Bertz CT molecular complexity index is 868. The number of thioether (sulfide) groups is 1. The molecule has 2 aromatic rings. The largest absolute Gasteiger partial charge is 0.496 e. The maximum Gasteiger partial charge on any atom is 0.285 e. The highest BCUT2D eigenvalue weighted by atomic mass is 32.2. The topological polar surface area (TPSA) is 71.5 Å². The highest BCUT2D eigenvalue weighted by Crippen LogP contribution is 2.33. The lowest BCUT2D eigenvalue weighted by atomic mass is 10.2. The van der Waals surface area contributed by atoms with Gasteiger partial charge in [0, 0.05) is 23.5 Å². The van der Waals surface area contributed by atoms with Crippen LogP contribution in [-0.2, 0) is 4.79 Å². The van der Waals surface area contributed by atoms with Crippen molar-refractivity contribution in [3.05, 3.63) is 64.8 Å². The van der Waals surface area contributed by atoms with E-state index in [1.54, 1.807) is 31.4 Å². The Hall–Kier alpha value is -2.71. The van der Waals surface area contributed by atoms with Gasteiger partial charge in [0.25, 0.3) is 11.8 Å². The summed E-state index contributed by atoms with van der Waals surface area (Å²) in [6.07, 6.45) is 4.69. The number of rotatable bonds is 4. The Morgan fingerprint density at radius 2 is 2.00 bits per heavy atom. The van der Waals surface area contributed by atoms with Crippen molar-refractivity contribution in [1.82, 2.24) is 15.4 Å². The van der Waals surface area contributed by atoms with Crippen LogP contribution in [0, 0.1) is 0 Å². The third-order valence-corrected chi connectivity index (χ3v) is 4.68. The summed E-state index contributed by atoms with van der Waals surface area (Å²) < 4.78 is 5.54. The van der Waals surface area contributed by atoms with E-state index in [4.69, 9.17) is 17.0 Å². The van der Waals surface area contributed by atoms with Gasteiger partial charge in [0.15, 0.2) is 4.32 Å². The van der Waals surface area contributed by atoms with Crippen LogP contribution in [0.2, 0.25) is 0 Å². The van der Waals surface area contributed by atoms with Crippen LogP contribution in [0.15, 0.2) is 53.7 Å². The SMILES string of the molecule is COc1ccccc1C=C1SC(=S)N(NC(=O)c2ccncc2)C1=O. The van der Waals surface area contributed by atoms with Crippen molar-refractivity contribution in [2.45, 2.75) is 0 Å². The summed E-state index contributed by atoms with van der Waals surface area (Å²) in [4.78, 5) is 29.0. The summed E-state index contributed by atoms with van der Waals surface area (Å²) >= 11 is 6.33. The second-order valence-corrected chi connectivity index (χ2v) is 6.61. The Balaban J connectivity index is 1.81. The standard InChI is InChI=1S/C17H13N3O3S2/c1-23-13-5-3-2-4-12(13)10-14-16(22)20(17(24)25-14)19-15(21)11-6-8-18-9-7-11/h2-10H,1H3,(H,19,21). The lowest BCUT2D eigenvalue weighted by molar-refractivity contribution is -0.123. The first-order valence-corrected chi connectivity index (χ1v) is 8.44. The fourth-order valence-corrected chi connectivity index (χ4v) is 3.33. The van der Waals surface area contributed by atoms with Crippen molar-refractivity contribution in [3.63, 3.8) is 0 Å². The van der Waals surface area contributed by atoms with E-state index in [1.165, 1.54) is 12.4 Å². The minimum absolute atomic E-state index is 0.258. The summed E-state index contributed by atoms with van der Waals surface area (Å²) in [5.74, 6) is -0.172. The van der Waals surface area contributed by atoms with Crippen LogP contribution in [0.5, 0.6) is 5.75 Å². The molecule has 6 nitrogen and oxygen atoms in total. The lowest BCUT2D eigenvalue weighted by Gasteiger charge is -2.15. The number of carbonyl (C=O) groups is 2. The second-order valence-electron chi connectivity index (χ2n) is 4.94. The maximum absolute atomic E-state index is 12.6. The highest BCUT2D eigenvalue weighted by molar-refractivity contribution is 8.26. The number of hydrazine groups is 1. The minimum atomic E-state index is -0.433. The van der Waals surface area contributed by atoms with Crippen molar-refractivity contribution >= 4 is 46.2 Å². The van der Waals surface area contributed by atoms with Crippen molar-refractivity contribution in [1.29, 1.82) is 0 Å². The molecule has 25 heavy (non-hydrogen) atoms. The van der Waals surface area contributed by atoms with Crippen LogP contribution < -0.4 is 10.2 Å². The molecule has 3 rings (SSSR count). The van der Waals surface area contributed by atoms with E-state index >= 15 is 0 Å². The summed E-state index contributed by atoms with van der Waals surface area (Å²) in [5.41, 5.74) is 3.66. The number of aromatic nitrogens is 1. The van der Waals surface area contributed by atoms with E-state index in [2.05, 4.69) is 10.4 Å². The van der Waals surface area contributed by atoms with Gasteiger partial charge >= 0.3 is 0 Å². The number of para-hydroxylation sites is 1. The summed E-state index contributed by atoms with van der Waals surface area (Å²) in [7, 11) is 1.56. The molecule has 0 saturated carbocycles. The number of ether oxygens (including phenoxy) is 1. The van der Waals surface area contributed by atoms with Crippen LogP contribution in [0.25, 0.3) is 6.08 Å². The molecule has 1 aromatic heterocycles. The number of benzene rings is 1. The minimum Gasteiger partial charge on any atom is -0.496 e. The Morgan fingerprint density at radius 1 is 1.28 bits per heavy atom. The normalized spacial score (nSPS) is 15.6. The van der Waals surface area contributed by atoms with E-state index < -0.39 is 5.91 Å². The molecular formula is C17H13N3O3S2. The number of nitrogens with zero attached hydrogens (tertiary/aromatic N) is 2. The lowest BCUT2D eigenvalue weighted by Crippen LogP contribution is -2.44. The molecule has 1 aromatic carbocycles. The third-order valence-electron chi connectivity index (χ3n) is 3.38. The average molecular weight is 371 g/mol. The number of nitrogens with one attached hydrogen (secondary N) is 1. The maximum atomic E-state index is 12.6. The average Bonchev–Trinajstić information content (AvgIpc) is 2.90. The molecule has 0 unspecified atom stereocenters. The molecule has 0 spiro atoms. The summed E-state index contributed by atoms with van der Waals surface area (Å²) in [6, 6.07) is 10.4. The number of pyridine rings is 1. The number of carbonyl (C=O) groups excluding carboxylic acids is 2. The molecule has 1 fully saturated rings. The Morgan fingerprint density at radius 3 is 2.72 bits per heavy atom. The molecule has 126 valence electrons. The number of hydrogen-bond donors (Lipinski definition) is 1. The molecule has 0 aliphatic carbocycles. The molecule has 1 saturated heterocycles. The third kappa shape index (κ3) is 3.70. The molecule has 0 bridgehead atoms. The van der Waals surface area contributed by atoms with E-state index in [1.807, 2.05) is 18.2 Å². The van der Waals surface area contributed by atoms with E-state index in [0.717, 1.165) is 22.3 Å². The quantitative estimate of drug-likeness (QED) is 0.658. The fourth-order valence-electron chi connectivity index (χ4n) is 2.16. The number of amides is 2. The molecule has 1 N–H and O–H groups in total. The molecule has 0 radical (unpaired) electrons. The predicted octanol–water partition coefficient (Wildman–Crippen LogP) is 2.64. The number of hydrogen-bond acceptors (Lipinski definition) is 6. The van der Waals surface area contributed by atoms with Gasteiger partial charge in [0.05, 0.1) is 12.0 Å². The predicted molar refractivity (Wildman–Crippen MR) is 99.7 cm³/mol. The highest BCUT2D eigenvalue weighted by Gasteiger charge is 2.34. The molecule has 2 heterocycles. The van der Waals surface area contributed by atoms with Crippen LogP contribution in [-0.4, -0.2) is 33.2 Å². The van der Waals surface area contributed by atoms with E-state index in [0.29, 0.717) is 16.2 Å². The zero-order chi connectivity index (χ0) is 17.8. The van der Waals surface area contributed by atoms with Gasteiger partial charge in [-0.1, -0.05) is 30.0 Å². The van der Waals surface area contributed by atoms with Crippen LogP contribution in [0.3, 0.4) is 0 Å². The van der Waals surface area contributed by atoms with E-state index in [9.17, 15) is 9.59 Å². The smallest absolute Gasteiger partial charge is 0.285 e. The van der Waals surface area contributed by atoms with Gasteiger partial charge in [-0.2, -0.15) is 5.01 Å². The van der Waals surface area contributed by atoms with Crippen molar-refractivity contribution in [2.24, 2.45) is 0 Å². The van der Waals surface area contributed by atoms with Gasteiger partial charge in [-0.25, -0.2) is 0 Å². The fraction of sp³-hybridized carbons (Fsp3) is 0.0588. The van der Waals surface area contributed by atoms with E-state index in [-0.39, 0.29) is 10.2 Å². The van der Waals surface area contributed by atoms with Gasteiger partial charge in [0.1, 0.15) is 5.75 Å². The Kier molecular flexibility index (Phi) is 5.11. The van der Waals surface area contributed by atoms with Crippen LogP contribution in [0.1, 0.15) is 15.9 Å². The number of methoxy groups -OCH3 is 1. The van der Waals surface area contributed by atoms with Crippen molar-refractivity contribution in [2.75, 3.05) is 7.11 Å². The Labute approximate surface area is 153 Å². The summed E-state index contributed by atoms with van der Waals surface area (Å²) in [5, 5.41) is 1.07. The molecular weight excluding hydrogens is 358 g/mol. The zero-order valence-corrected chi connectivity index (χ0v) is 14.8. The van der Waals surface area contributed by atoms with Crippen LogP contribution in [0.4, 0.5) is 0 Å². The monoisotopic (exact) mass is 371 g/mol. The van der Waals surface area contributed by atoms with Crippen molar-refractivity contribution < 1.29 is 14.3 Å². The molecule has 2 amide bonds.